The Morgan fingerprint density at radius 3 is 2.45 bits per heavy atom. The fraction of sp³-hybridized carbons (Fsp3) is 0.455. The summed E-state index contributed by atoms with van der Waals surface area (Å²) in [6, 6.07) is 1.68. The Bertz CT molecular complexity index is 647. The van der Waals surface area contributed by atoms with E-state index >= 15 is 0 Å². The van der Waals surface area contributed by atoms with Crippen LogP contribution < -0.4 is 5.32 Å². The number of anilines is 1. The molecular weight excluding hydrogens is 301 g/mol. The van der Waals surface area contributed by atoms with Gasteiger partial charge < -0.3 is 5.32 Å². The lowest BCUT2D eigenvalue weighted by atomic mass is 10.3. The Morgan fingerprint density at radius 2 is 1.85 bits per heavy atom. The standard InChI is InChI=1S/C11H8F5N3S/c12-10(13,11(14,15)16)9-18-7(17-5-1-2-5)6-3-4-20-8(6)19-9/h3-5H,1-2H2,(H,17,18,19). The van der Waals surface area contributed by atoms with Crippen molar-refractivity contribution in [1.29, 1.82) is 0 Å². The molecule has 0 atom stereocenters. The molecule has 108 valence electrons. The number of alkyl halides is 5. The SMILES string of the molecule is FC(F)(F)C(F)(F)c1nc(NC2CC2)c2ccsc2n1. The highest BCUT2D eigenvalue weighted by Gasteiger charge is 2.61. The van der Waals surface area contributed by atoms with Gasteiger partial charge in [0.25, 0.3) is 0 Å². The van der Waals surface area contributed by atoms with E-state index in [1.165, 1.54) is 0 Å². The first-order valence-electron chi connectivity index (χ1n) is 5.76. The number of rotatable bonds is 3. The molecule has 0 saturated heterocycles. The van der Waals surface area contributed by atoms with Crippen LogP contribution in [0, 0.1) is 0 Å². The number of fused-ring (bicyclic) bond motifs is 1. The summed E-state index contributed by atoms with van der Waals surface area (Å²) in [6.45, 7) is 0. The van der Waals surface area contributed by atoms with Crippen molar-refractivity contribution in [3.8, 4) is 0 Å². The van der Waals surface area contributed by atoms with Crippen LogP contribution in [0.4, 0.5) is 27.8 Å². The molecule has 0 amide bonds. The van der Waals surface area contributed by atoms with Crippen molar-refractivity contribution in [3.05, 3.63) is 17.3 Å². The Hall–Kier alpha value is -1.51. The van der Waals surface area contributed by atoms with Crippen molar-refractivity contribution in [2.24, 2.45) is 0 Å². The van der Waals surface area contributed by atoms with Crippen LogP contribution in [0.2, 0.25) is 0 Å². The van der Waals surface area contributed by atoms with Crippen LogP contribution in [0.5, 0.6) is 0 Å². The normalized spacial score (nSPS) is 16.6. The van der Waals surface area contributed by atoms with Gasteiger partial charge in [-0.3, -0.25) is 0 Å². The number of nitrogens with zero attached hydrogens (tertiary/aromatic N) is 2. The van der Waals surface area contributed by atoms with E-state index in [-0.39, 0.29) is 16.7 Å². The van der Waals surface area contributed by atoms with Gasteiger partial charge in [-0.2, -0.15) is 22.0 Å². The zero-order valence-corrected chi connectivity index (χ0v) is 10.7. The van der Waals surface area contributed by atoms with Crippen molar-refractivity contribution < 1.29 is 22.0 Å². The van der Waals surface area contributed by atoms with E-state index < -0.39 is 17.9 Å². The average molecular weight is 309 g/mol. The van der Waals surface area contributed by atoms with Gasteiger partial charge in [0.05, 0.1) is 5.39 Å². The van der Waals surface area contributed by atoms with Gasteiger partial charge in [0.2, 0.25) is 5.82 Å². The van der Waals surface area contributed by atoms with Gasteiger partial charge in [0, 0.05) is 6.04 Å². The van der Waals surface area contributed by atoms with Gasteiger partial charge in [-0.1, -0.05) is 0 Å². The van der Waals surface area contributed by atoms with E-state index in [0.29, 0.717) is 5.39 Å². The fourth-order valence-electron chi connectivity index (χ4n) is 1.65. The summed E-state index contributed by atoms with van der Waals surface area (Å²) < 4.78 is 63.9. The van der Waals surface area contributed by atoms with Gasteiger partial charge >= 0.3 is 12.1 Å². The Morgan fingerprint density at radius 1 is 1.15 bits per heavy atom. The molecule has 0 radical (unpaired) electrons. The predicted octanol–water partition coefficient (Wildman–Crippen LogP) is 3.92. The summed E-state index contributed by atoms with van der Waals surface area (Å²) in [5.41, 5.74) is 0. The highest BCUT2D eigenvalue weighted by atomic mass is 32.1. The molecule has 1 saturated carbocycles. The Labute approximate surface area is 113 Å². The molecular formula is C11H8F5N3S. The minimum absolute atomic E-state index is 0.0395. The second-order valence-electron chi connectivity index (χ2n) is 4.53. The van der Waals surface area contributed by atoms with E-state index in [1.807, 2.05) is 0 Å². The molecule has 2 aromatic rings. The molecule has 2 heterocycles. The average Bonchev–Trinajstić information content (AvgIpc) is 3.02. The van der Waals surface area contributed by atoms with Crippen LogP contribution in [0.3, 0.4) is 0 Å². The molecule has 0 unspecified atom stereocenters. The minimum Gasteiger partial charge on any atom is -0.367 e. The molecule has 3 nitrogen and oxygen atoms in total. The summed E-state index contributed by atoms with van der Waals surface area (Å²) in [5.74, 6) is -6.54. The Balaban J connectivity index is 2.11. The Kier molecular flexibility index (Phi) is 2.86. The largest absolute Gasteiger partial charge is 0.461 e. The topological polar surface area (TPSA) is 37.8 Å². The van der Waals surface area contributed by atoms with E-state index in [4.69, 9.17) is 0 Å². The lowest BCUT2D eigenvalue weighted by Gasteiger charge is -2.18. The van der Waals surface area contributed by atoms with Crippen LogP contribution in [0.25, 0.3) is 10.2 Å². The first-order chi connectivity index (χ1) is 9.29. The maximum atomic E-state index is 13.4. The maximum Gasteiger partial charge on any atom is 0.461 e. The second-order valence-corrected chi connectivity index (χ2v) is 5.42. The quantitative estimate of drug-likeness (QED) is 0.873. The number of aromatic nitrogens is 2. The van der Waals surface area contributed by atoms with E-state index in [9.17, 15) is 22.0 Å². The van der Waals surface area contributed by atoms with E-state index in [2.05, 4.69) is 15.3 Å². The van der Waals surface area contributed by atoms with Crippen molar-refractivity contribution >= 4 is 27.4 Å². The van der Waals surface area contributed by atoms with Gasteiger partial charge in [-0.15, -0.1) is 11.3 Å². The highest BCUT2D eigenvalue weighted by molar-refractivity contribution is 7.16. The highest BCUT2D eigenvalue weighted by Crippen LogP contribution is 2.43. The molecule has 3 rings (SSSR count). The molecule has 1 N–H and O–H groups in total. The molecule has 0 spiro atoms. The third-order valence-electron chi connectivity index (χ3n) is 2.88. The third kappa shape index (κ3) is 2.19. The van der Waals surface area contributed by atoms with Crippen LogP contribution >= 0.6 is 11.3 Å². The molecule has 1 aliphatic rings. The van der Waals surface area contributed by atoms with E-state index in [1.54, 1.807) is 11.4 Å². The van der Waals surface area contributed by atoms with Crippen LogP contribution in [-0.4, -0.2) is 22.2 Å². The number of hydrogen-bond donors (Lipinski definition) is 1. The molecule has 2 aromatic heterocycles. The molecule has 20 heavy (non-hydrogen) atoms. The molecule has 1 aliphatic carbocycles. The molecule has 0 aromatic carbocycles. The molecule has 0 aliphatic heterocycles. The molecule has 0 bridgehead atoms. The first kappa shape index (κ1) is 13.5. The summed E-state index contributed by atoms with van der Waals surface area (Å²) in [5, 5.41) is 4.90. The van der Waals surface area contributed by atoms with Crippen LogP contribution in [0.15, 0.2) is 11.4 Å². The lowest BCUT2D eigenvalue weighted by molar-refractivity contribution is -0.292. The summed E-state index contributed by atoms with van der Waals surface area (Å²) >= 11 is 0.998. The fourth-order valence-corrected chi connectivity index (χ4v) is 2.42. The second kappa shape index (κ2) is 4.24. The van der Waals surface area contributed by atoms with Crippen molar-refractivity contribution in [3.63, 3.8) is 0 Å². The van der Waals surface area contributed by atoms with Gasteiger partial charge in [-0.05, 0) is 24.3 Å². The van der Waals surface area contributed by atoms with Crippen LogP contribution in [0.1, 0.15) is 18.7 Å². The molecule has 1 fully saturated rings. The van der Waals surface area contributed by atoms with Gasteiger partial charge in [0.15, 0.2) is 0 Å². The monoisotopic (exact) mass is 309 g/mol. The summed E-state index contributed by atoms with van der Waals surface area (Å²) in [6.07, 6.45) is -4.02. The number of nitrogens with one attached hydrogen (secondary N) is 1. The first-order valence-corrected chi connectivity index (χ1v) is 6.64. The van der Waals surface area contributed by atoms with Crippen LogP contribution in [-0.2, 0) is 5.92 Å². The zero-order chi connectivity index (χ0) is 14.5. The third-order valence-corrected chi connectivity index (χ3v) is 3.69. The zero-order valence-electron chi connectivity index (χ0n) is 9.84. The maximum absolute atomic E-state index is 13.4. The summed E-state index contributed by atoms with van der Waals surface area (Å²) in [4.78, 5) is 6.88. The smallest absolute Gasteiger partial charge is 0.367 e. The predicted molar refractivity (Wildman–Crippen MR) is 64.0 cm³/mol. The van der Waals surface area contributed by atoms with Crippen molar-refractivity contribution in [2.75, 3.05) is 5.32 Å². The van der Waals surface area contributed by atoms with Crippen molar-refractivity contribution in [2.45, 2.75) is 31.0 Å². The minimum atomic E-state index is -5.71. The lowest BCUT2D eigenvalue weighted by Crippen LogP contribution is -2.35. The van der Waals surface area contributed by atoms with Gasteiger partial charge in [0.1, 0.15) is 10.6 Å². The van der Waals surface area contributed by atoms with Gasteiger partial charge in [-0.25, -0.2) is 9.97 Å². The summed E-state index contributed by atoms with van der Waals surface area (Å²) in [7, 11) is 0. The van der Waals surface area contributed by atoms with Crippen molar-refractivity contribution in [1.82, 2.24) is 9.97 Å². The van der Waals surface area contributed by atoms with E-state index in [0.717, 1.165) is 24.2 Å². The number of hydrogen-bond acceptors (Lipinski definition) is 4. The number of halogens is 5. The molecule has 9 heteroatoms. The number of thiophene rings is 1.